The first-order valence-electron chi connectivity index (χ1n) is 10.2. The number of likely N-dealkylation sites (N-methyl/N-ethyl adjacent to an activating group) is 1. The SMILES string of the molecule is CN(C(=O)CN(c1cc(C(F)(F)F)ccc1Cl)S(=O)(=O)c1ccccc1)C1CCCCC1. The van der Waals surface area contributed by atoms with Gasteiger partial charge in [0.25, 0.3) is 10.0 Å². The first-order chi connectivity index (χ1) is 15.0. The van der Waals surface area contributed by atoms with Gasteiger partial charge in [-0.25, -0.2) is 8.42 Å². The Bertz CT molecular complexity index is 1060. The molecule has 1 saturated carbocycles. The predicted octanol–water partition coefficient (Wildman–Crippen LogP) is 5.35. The molecule has 0 spiro atoms. The smallest absolute Gasteiger partial charge is 0.341 e. The maximum atomic E-state index is 13.4. The van der Waals surface area contributed by atoms with Gasteiger partial charge in [0.05, 0.1) is 21.2 Å². The summed E-state index contributed by atoms with van der Waals surface area (Å²) in [6.07, 6.45) is -0.0885. The normalized spacial score (nSPS) is 15.4. The van der Waals surface area contributed by atoms with Crippen LogP contribution in [0.1, 0.15) is 37.7 Å². The van der Waals surface area contributed by atoms with E-state index in [1.807, 2.05) is 0 Å². The quantitative estimate of drug-likeness (QED) is 0.551. The first-order valence-corrected chi connectivity index (χ1v) is 12.0. The zero-order valence-corrected chi connectivity index (χ0v) is 19.1. The van der Waals surface area contributed by atoms with Crippen molar-refractivity contribution < 1.29 is 26.4 Å². The van der Waals surface area contributed by atoms with Gasteiger partial charge in [0.15, 0.2) is 0 Å². The molecule has 0 unspecified atom stereocenters. The van der Waals surface area contributed by atoms with Crippen molar-refractivity contribution in [2.45, 2.75) is 49.2 Å². The van der Waals surface area contributed by atoms with Crippen LogP contribution in [0.4, 0.5) is 18.9 Å². The molecule has 2 aromatic carbocycles. The van der Waals surface area contributed by atoms with Crippen molar-refractivity contribution >= 4 is 33.2 Å². The Labute approximate surface area is 190 Å². The van der Waals surface area contributed by atoms with Gasteiger partial charge in [0.1, 0.15) is 6.54 Å². The Morgan fingerprint density at radius 3 is 2.28 bits per heavy atom. The fourth-order valence-corrected chi connectivity index (χ4v) is 5.52. The number of hydrogen-bond acceptors (Lipinski definition) is 3. The molecule has 0 N–H and O–H groups in total. The fraction of sp³-hybridized carbons (Fsp3) is 0.409. The van der Waals surface area contributed by atoms with Crippen LogP contribution >= 0.6 is 11.6 Å². The van der Waals surface area contributed by atoms with E-state index in [4.69, 9.17) is 11.6 Å². The molecule has 1 fully saturated rings. The highest BCUT2D eigenvalue weighted by Gasteiger charge is 2.35. The van der Waals surface area contributed by atoms with Gasteiger partial charge in [-0.1, -0.05) is 49.1 Å². The topological polar surface area (TPSA) is 57.7 Å². The lowest BCUT2D eigenvalue weighted by atomic mass is 9.94. The van der Waals surface area contributed by atoms with E-state index < -0.39 is 39.9 Å². The maximum absolute atomic E-state index is 13.4. The second kappa shape index (κ2) is 9.70. The number of halogens is 4. The Balaban J connectivity index is 2.04. The number of sulfonamides is 1. The van der Waals surface area contributed by atoms with E-state index >= 15 is 0 Å². The molecule has 2 aromatic rings. The van der Waals surface area contributed by atoms with Crippen molar-refractivity contribution in [3.8, 4) is 0 Å². The molecule has 1 aliphatic carbocycles. The summed E-state index contributed by atoms with van der Waals surface area (Å²) in [4.78, 5) is 14.4. The summed E-state index contributed by atoms with van der Waals surface area (Å²) in [6.45, 7) is -0.661. The first kappa shape index (κ1) is 24.4. The number of anilines is 1. The highest BCUT2D eigenvalue weighted by molar-refractivity contribution is 7.92. The van der Waals surface area contributed by atoms with E-state index in [2.05, 4.69) is 0 Å². The summed E-state index contributed by atoms with van der Waals surface area (Å²) in [5.41, 5.74) is -1.45. The number of carbonyl (C=O) groups is 1. The van der Waals surface area contributed by atoms with E-state index in [0.717, 1.165) is 44.2 Å². The van der Waals surface area contributed by atoms with Crippen molar-refractivity contribution in [2.24, 2.45) is 0 Å². The largest absolute Gasteiger partial charge is 0.416 e. The number of nitrogens with zero attached hydrogens (tertiary/aromatic N) is 2. The highest BCUT2D eigenvalue weighted by Crippen LogP contribution is 2.37. The molecule has 0 saturated heterocycles. The third-order valence-corrected chi connectivity index (χ3v) is 7.76. The van der Waals surface area contributed by atoms with Gasteiger partial charge in [-0.05, 0) is 43.2 Å². The van der Waals surface area contributed by atoms with Gasteiger partial charge in [0, 0.05) is 13.1 Å². The minimum atomic E-state index is -4.70. The van der Waals surface area contributed by atoms with Crippen LogP contribution in [0.15, 0.2) is 53.4 Å². The summed E-state index contributed by atoms with van der Waals surface area (Å²) in [6, 6.07) is 9.63. The molecule has 0 aliphatic heterocycles. The van der Waals surface area contributed by atoms with Crippen LogP contribution in [0, 0.1) is 0 Å². The summed E-state index contributed by atoms with van der Waals surface area (Å²) in [7, 11) is -2.77. The van der Waals surface area contributed by atoms with Crippen molar-refractivity contribution in [3.63, 3.8) is 0 Å². The average molecular weight is 489 g/mol. The van der Waals surface area contributed by atoms with Gasteiger partial charge in [-0.3, -0.25) is 9.10 Å². The molecule has 1 amide bonds. The van der Waals surface area contributed by atoms with E-state index in [1.54, 1.807) is 13.1 Å². The van der Waals surface area contributed by atoms with Crippen LogP contribution in [-0.2, 0) is 21.0 Å². The number of alkyl halides is 3. The van der Waals surface area contributed by atoms with Crippen LogP contribution < -0.4 is 4.31 Å². The molecule has 10 heteroatoms. The zero-order valence-electron chi connectivity index (χ0n) is 17.5. The Morgan fingerprint density at radius 2 is 1.69 bits per heavy atom. The van der Waals surface area contributed by atoms with Gasteiger partial charge in [-0.2, -0.15) is 13.2 Å². The predicted molar refractivity (Wildman–Crippen MR) is 117 cm³/mol. The van der Waals surface area contributed by atoms with E-state index in [0.29, 0.717) is 10.4 Å². The highest BCUT2D eigenvalue weighted by atomic mass is 35.5. The lowest BCUT2D eigenvalue weighted by Gasteiger charge is -2.33. The van der Waals surface area contributed by atoms with E-state index in [1.165, 1.54) is 29.2 Å². The minimum Gasteiger partial charge on any atom is -0.341 e. The second-order valence-electron chi connectivity index (χ2n) is 7.79. The Morgan fingerprint density at radius 1 is 1.06 bits per heavy atom. The third kappa shape index (κ3) is 5.38. The minimum absolute atomic E-state index is 0.0329. The molecule has 32 heavy (non-hydrogen) atoms. The summed E-state index contributed by atoms with van der Waals surface area (Å²) >= 11 is 6.15. The summed E-state index contributed by atoms with van der Waals surface area (Å²) in [5, 5.41) is -0.203. The van der Waals surface area contributed by atoms with Crippen LogP contribution in [0.3, 0.4) is 0 Å². The van der Waals surface area contributed by atoms with Crippen LogP contribution in [0.25, 0.3) is 0 Å². The molecule has 3 rings (SSSR count). The van der Waals surface area contributed by atoms with Crippen molar-refractivity contribution in [3.05, 3.63) is 59.1 Å². The molecule has 174 valence electrons. The van der Waals surface area contributed by atoms with Gasteiger partial charge in [0.2, 0.25) is 5.91 Å². The Kier molecular flexibility index (Phi) is 7.39. The average Bonchev–Trinajstić information content (AvgIpc) is 2.77. The van der Waals surface area contributed by atoms with Crippen molar-refractivity contribution in [1.29, 1.82) is 0 Å². The number of benzene rings is 2. The monoisotopic (exact) mass is 488 g/mol. The van der Waals surface area contributed by atoms with E-state index in [9.17, 15) is 26.4 Å². The van der Waals surface area contributed by atoms with Gasteiger partial charge in [-0.15, -0.1) is 0 Å². The molecule has 0 atom stereocenters. The maximum Gasteiger partial charge on any atom is 0.416 e. The van der Waals surface area contributed by atoms with Gasteiger partial charge < -0.3 is 4.90 Å². The van der Waals surface area contributed by atoms with Crippen molar-refractivity contribution in [2.75, 3.05) is 17.9 Å². The van der Waals surface area contributed by atoms with Gasteiger partial charge >= 0.3 is 6.18 Å². The second-order valence-corrected chi connectivity index (χ2v) is 10.1. The number of carbonyl (C=O) groups excluding carboxylic acids is 1. The van der Waals surface area contributed by atoms with Crippen molar-refractivity contribution in [1.82, 2.24) is 4.90 Å². The number of rotatable bonds is 6. The molecule has 0 aromatic heterocycles. The fourth-order valence-electron chi connectivity index (χ4n) is 3.81. The molecular weight excluding hydrogens is 465 g/mol. The van der Waals surface area contributed by atoms with Crippen LogP contribution in [0.5, 0.6) is 0 Å². The molecular formula is C22H24ClF3N2O3S. The summed E-state index contributed by atoms with van der Waals surface area (Å²) in [5.74, 6) is -0.509. The Hall–Kier alpha value is -2.26. The molecule has 0 bridgehead atoms. The number of amides is 1. The molecule has 0 heterocycles. The molecule has 5 nitrogen and oxygen atoms in total. The van der Waals surface area contributed by atoms with Crippen LogP contribution in [-0.4, -0.2) is 38.9 Å². The summed E-state index contributed by atoms with van der Waals surface area (Å²) < 4.78 is 67.4. The lowest BCUT2D eigenvalue weighted by Crippen LogP contribution is -2.46. The molecule has 1 aliphatic rings. The lowest BCUT2D eigenvalue weighted by molar-refractivity contribution is -0.137. The zero-order chi connectivity index (χ0) is 23.5. The molecule has 0 radical (unpaired) electrons. The number of hydrogen-bond donors (Lipinski definition) is 0. The standard InChI is InChI=1S/C22H24ClF3N2O3S/c1-27(17-8-4-2-5-9-17)21(29)15-28(32(30,31)18-10-6-3-7-11-18)20-14-16(22(24,25)26)12-13-19(20)23/h3,6-7,10-14,17H,2,4-5,8-9,15H2,1H3. The van der Waals surface area contributed by atoms with E-state index in [-0.39, 0.29) is 16.0 Å². The van der Waals surface area contributed by atoms with Crippen LogP contribution in [0.2, 0.25) is 5.02 Å². The third-order valence-electron chi connectivity index (χ3n) is 5.67.